The summed E-state index contributed by atoms with van der Waals surface area (Å²) in [5.74, 6) is 0.307. The van der Waals surface area contributed by atoms with Crippen LogP contribution in [0.15, 0.2) is 30.6 Å². The Bertz CT molecular complexity index is 888. The summed E-state index contributed by atoms with van der Waals surface area (Å²) in [6.07, 6.45) is 6.92. The first-order valence-electron chi connectivity index (χ1n) is 9.65. The molecule has 0 bridgehead atoms. The van der Waals surface area contributed by atoms with Crippen molar-refractivity contribution in [3.05, 3.63) is 36.2 Å². The van der Waals surface area contributed by atoms with Gasteiger partial charge in [0.2, 0.25) is 11.9 Å². The Hall–Kier alpha value is -3.03. The number of likely N-dealkylation sites (tertiary alicyclic amines) is 1. The van der Waals surface area contributed by atoms with Gasteiger partial charge in [-0.05, 0) is 43.4 Å². The van der Waals surface area contributed by atoms with Crippen molar-refractivity contribution < 1.29 is 14.7 Å². The van der Waals surface area contributed by atoms with E-state index in [0.29, 0.717) is 29.7 Å². The number of amides is 1. The molecule has 0 aliphatic carbocycles. The molecule has 2 fully saturated rings. The van der Waals surface area contributed by atoms with E-state index >= 15 is 0 Å². The molecule has 2 saturated heterocycles. The predicted octanol–water partition coefficient (Wildman–Crippen LogP) is 2.08. The number of carbonyl (C=O) groups excluding carboxylic acids is 1. The first-order valence-corrected chi connectivity index (χ1v) is 9.65. The highest BCUT2D eigenvalue weighted by molar-refractivity contribution is 5.88. The highest BCUT2D eigenvalue weighted by atomic mass is 16.4. The van der Waals surface area contributed by atoms with Crippen LogP contribution < -0.4 is 4.90 Å². The number of nitrogens with zero attached hydrogens (tertiary/aromatic N) is 5. The second-order valence-electron chi connectivity index (χ2n) is 7.37. The van der Waals surface area contributed by atoms with Gasteiger partial charge in [0, 0.05) is 45.0 Å². The van der Waals surface area contributed by atoms with Crippen LogP contribution in [0.25, 0.3) is 11.4 Å². The number of aromatic nitrogens is 3. The fraction of sp³-hybridized carbons (Fsp3) is 0.450. The van der Waals surface area contributed by atoms with Crippen molar-refractivity contribution in [2.24, 2.45) is 5.92 Å². The quantitative estimate of drug-likeness (QED) is 0.846. The Labute approximate surface area is 163 Å². The molecule has 1 N–H and O–H groups in total. The minimum absolute atomic E-state index is 0.179. The summed E-state index contributed by atoms with van der Waals surface area (Å²) in [6, 6.07) is 4.72. The maximum atomic E-state index is 11.9. The maximum absolute atomic E-state index is 11.9. The number of carboxylic acids is 1. The molecule has 0 aromatic carbocycles. The summed E-state index contributed by atoms with van der Waals surface area (Å²) in [5, 5.41) is 9.18. The highest BCUT2D eigenvalue weighted by Crippen LogP contribution is 2.24. The van der Waals surface area contributed by atoms with Crippen LogP contribution in [0.1, 0.15) is 36.0 Å². The number of anilines is 1. The molecule has 2 aliphatic heterocycles. The topological polar surface area (TPSA) is 99.5 Å². The molecule has 2 aromatic heterocycles. The van der Waals surface area contributed by atoms with Gasteiger partial charge >= 0.3 is 5.97 Å². The van der Waals surface area contributed by atoms with Crippen LogP contribution >= 0.6 is 0 Å². The van der Waals surface area contributed by atoms with E-state index in [9.17, 15) is 14.7 Å². The zero-order chi connectivity index (χ0) is 19.5. The van der Waals surface area contributed by atoms with Crippen LogP contribution in [0.3, 0.4) is 0 Å². The van der Waals surface area contributed by atoms with E-state index in [0.717, 1.165) is 45.4 Å². The monoisotopic (exact) mass is 381 g/mol. The van der Waals surface area contributed by atoms with Gasteiger partial charge in [0.25, 0.3) is 0 Å². The molecule has 2 aromatic rings. The Morgan fingerprint density at radius 1 is 1.14 bits per heavy atom. The van der Waals surface area contributed by atoms with E-state index < -0.39 is 5.97 Å². The van der Waals surface area contributed by atoms with Crippen molar-refractivity contribution in [2.75, 3.05) is 31.1 Å². The molecule has 8 heteroatoms. The smallest absolute Gasteiger partial charge is 0.335 e. The van der Waals surface area contributed by atoms with Gasteiger partial charge in [-0.2, -0.15) is 0 Å². The molecule has 4 heterocycles. The number of hydrogen-bond acceptors (Lipinski definition) is 6. The average molecular weight is 381 g/mol. The molecule has 4 rings (SSSR count). The SMILES string of the molecule is O=C(O)c1ccnc(-c2ccnc(N3CCC[C@H](CN4CCCC4=O)C3)n2)c1. The number of hydrogen-bond donors (Lipinski definition) is 1. The lowest BCUT2D eigenvalue weighted by Gasteiger charge is -2.34. The minimum atomic E-state index is -0.992. The Balaban J connectivity index is 1.50. The average Bonchev–Trinajstić information content (AvgIpc) is 3.13. The molecule has 0 saturated carbocycles. The van der Waals surface area contributed by atoms with Gasteiger partial charge in [0.1, 0.15) is 0 Å². The summed E-state index contributed by atoms with van der Waals surface area (Å²) < 4.78 is 0. The third-order valence-corrected chi connectivity index (χ3v) is 5.36. The Morgan fingerprint density at radius 3 is 2.79 bits per heavy atom. The van der Waals surface area contributed by atoms with Crippen molar-refractivity contribution in [3.8, 4) is 11.4 Å². The third kappa shape index (κ3) is 3.95. The number of pyridine rings is 1. The van der Waals surface area contributed by atoms with Crippen LogP contribution in [0.2, 0.25) is 0 Å². The summed E-state index contributed by atoms with van der Waals surface area (Å²) >= 11 is 0. The molecule has 0 unspecified atom stereocenters. The van der Waals surface area contributed by atoms with Crippen LogP contribution in [0, 0.1) is 5.92 Å². The normalized spacial score (nSPS) is 19.9. The first kappa shape index (κ1) is 18.3. The molecular weight excluding hydrogens is 358 g/mol. The Morgan fingerprint density at radius 2 is 2.00 bits per heavy atom. The second kappa shape index (κ2) is 7.92. The van der Waals surface area contributed by atoms with E-state index in [2.05, 4.69) is 19.9 Å². The minimum Gasteiger partial charge on any atom is -0.478 e. The van der Waals surface area contributed by atoms with E-state index in [-0.39, 0.29) is 11.5 Å². The fourth-order valence-electron chi connectivity index (χ4n) is 3.95. The lowest BCUT2D eigenvalue weighted by molar-refractivity contribution is -0.128. The molecule has 1 atom stereocenters. The van der Waals surface area contributed by atoms with Gasteiger partial charge in [-0.15, -0.1) is 0 Å². The zero-order valence-electron chi connectivity index (χ0n) is 15.6. The van der Waals surface area contributed by atoms with Crippen molar-refractivity contribution in [1.82, 2.24) is 19.9 Å². The lowest BCUT2D eigenvalue weighted by atomic mass is 9.97. The largest absolute Gasteiger partial charge is 0.478 e. The lowest BCUT2D eigenvalue weighted by Crippen LogP contribution is -2.42. The fourth-order valence-corrected chi connectivity index (χ4v) is 3.95. The summed E-state index contributed by atoms with van der Waals surface area (Å²) in [5.41, 5.74) is 1.29. The molecule has 2 aliphatic rings. The van der Waals surface area contributed by atoms with Crippen molar-refractivity contribution in [3.63, 3.8) is 0 Å². The number of rotatable bonds is 5. The number of carbonyl (C=O) groups is 2. The molecule has 28 heavy (non-hydrogen) atoms. The van der Waals surface area contributed by atoms with Gasteiger partial charge in [0.15, 0.2) is 0 Å². The number of piperidine rings is 1. The van der Waals surface area contributed by atoms with Crippen LogP contribution in [-0.2, 0) is 4.79 Å². The standard InChI is InChI=1S/C20H23N5O3/c26-18-4-2-9-24(18)12-14-3-1-10-25(13-14)20-22-8-6-16(23-20)17-11-15(19(27)28)5-7-21-17/h5-8,11,14H,1-4,9-10,12-13H2,(H,27,28)/t14-/m1/s1. The van der Waals surface area contributed by atoms with E-state index in [1.54, 1.807) is 12.3 Å². The van der Waals surface area contributed by atoms with Crippen LogP contribution in [-0.4, -0.2) is 63.0 Å². The van der Waals surface area contributed by atoms with E-state index in [1.165, 1.54) is 18.3 Å². The van der Waals surface area contributed by atoms with Gasteiger partial charge in [0.05, 0.1) is 17.0 Å². The first-order chi connectivity index (χ1) is 13.6. The van der Waals surface area contributed by atoms with Crippen LogP contribution in [0.5, 0.6) is 0 Å². The summed E-state index contributed by atoms with van der Waals surface area (Å²) in [7, 11) is 0. The number of carboxylic acid groups (broad SMARTS) is 1. The molecular formula is C20H23N5O3. The van der Waals surface area contributed by atoms with Crippen LogP contribution in [0.4, 0.5) is 5.95 Å². The predicted molar refractivity (Wildman–Crippen MR) is 103 cm³/mol. The number of aromatic carboxylic acids is 1. The van der Waals surface area contributed by atoms with Gasteiger partial charge in [-0.25, -0.2) is 14.8 Å². The molecule has 0 spiro atoms. The zero-order valence-corrected chi connectivity index (χ0v) is 15.6. The second-order valence-corrected chi connectivity index (χ2v) is 7.37. The third-order valence-electron chi connectivity index (χ3n) is 5.36. The molecule has 8 nitrogen and oxygen atoms in total. The van der Waals surface area contributed by atoms with Crippen molar-refractivity contribution in [2.45, 2.75) is 25.7 Å². The highest BCUT2D eigenvalue weighted by Gasteiger charge is 2.27. The van der Waals surface area contributed by atoms with Crippen molar-refractivity contribution >= 4 is 17.8 Å². The van der Waals surface area contributed by atoms with Crippen molar-refractivity contribution in [1.29, 1.82) is 0 Å². The summed E-state index contributed by atoms with van der Waals surface area (Å²) in [6.45, 7) is 3.36. The van der Waals surface area contributed by atoms with Gasteiger partial charge in [-0.3, -0.25) is 9.78 Å². The molecule has 1 amide bonds. The Kier molecular flexibility index (Phi) is 5.18. The summed E-state index contributed by atoms with van der Waals surface area (Å²) in [4.78, 5) is 40.5. The maximum Gasteiger partial charge on any atom is 0.335 e. The van der Waals surface area contributed by atoms with E-state index in [4.69, 9.17) is 0 Å². The van der Waals surface area contributed by atoms with Gasteiger partial charge < -0.3 is 14.9 Å². The molecule has 0 radical (unpaired) electrons. The molecule has 146 valence electrons. The van der Waals surface area contributed by atoms with E-state index in [1.807, 2.05) is 4.90 Å². The van der Waals surface area contributed by atoms with Gasteiger partial charge in [-0.1, -0.05) is 0 Å².